The lowest BCUT2D eigenvalue weighted by atomic mass is 10.0. The fourth-order valence-corrected chi connectivity index (χ4v) is 1.75. The first kappa shape index (κ1) is 9.78. The SMILES string of the molecule is C=Cc1ccc(OCC)c2ccccc12. The van der Waals surface area contributed by atoms with Crippen LogP contribution in [0.2, 0.25) is 0 Å². The average Bonchev–Trinajstić information content (AvgIpc) is 2.30. The van der Waals surface area contributed by atoms with Gasteiger partial charge in [-0.05, 0) is 23.9 Å². The van der Waals surface area contributed by atoms with Gasteiger partial charge < -0.3 is 4.74 Å². The Hall–Kier alpha value is -1.76. The van der Waals surface area contributed by atoms with Crippen LogP contribution in [0.25, 0.3) is 16.8 Å². The van der Waals surface area contributed by atoms with Crippen molar-refractivity contribution in [3.63, 3.8) is 0 Å². The molecule has 0 aromatic heterocycles. The van der Waals surface area contributed by atoms with Gasteiger partial charge in [0.25, 0.3) is 0 Å². The summed E-state index contributed by atoms with van der Waals surface area (Å²) in [5.41, 5.74) is 1.15. The van der Waals surface area contributed by atoms with Crippen LogP contribution >= 0.6 is 0 Å². The topological polar surface area (TPSA) is 9.23 Å². The normalized spacial score (nSPS) is 10.2. The Morgan fingerprint density at radius 2 is 1.87 bits per heavy atom. The van der Waals surface area contributed by atoms with Crippen LogP contribution in [0.5, 0.6) is 5.75 Å². The van der Waals surface area contributed by atoms with E-state index in [4.69, 9.17) is 4.74 Å². The van der Waals surface area contributed by atoms with Crippen LogP contribution in [0.3, 0.4) is 0 Å². The third-order valence-electron chi connectivity index (χ3n) is 2.44. The zero-order chi connectivity index (χ0) is 10.7. The third kappa shape index (κ3) is 1.73. The van der Waals surface area contributed by atoms with Crippen molar-refractivity contribution in [2.45, 2.75) is 6.92 Å². The van der Waals surface area contributed by atoms with Crippen LogP contribution in [-0.2, 0) is 0 Å². The average molecular weight is 198 g/mol. The lowest BCUT2D eigenvalue weighted by Gasteiger charge is -2.09. The summed E-state index contributed by atoms with van der Waals surface area (Å²) in [7, 11) is 0. The monoisotopic (exact) mass is 198 g/mol. The van der Waals surface area contributed by atoms with E-state index in [1.165, 1.54) is 5.39 Å². The summed E-state index contributed by atoms with van der Waals surface area (Å²) < 4.78 is 5.58. The summed E-state index contributed by atoms with van der Waals surface area (Å²) in [6.07, 6.45) is 1.87. The summed E-state index contributed by atoms with van der Waals surface area (Å²) in [6.45, 7) is 6.50. The maximum absolute atomic E-state index is 5.58. The van der Waals surface area contributed by atoms with Gasteiger partial charge in [0.15, 0.2) is 0 Å². The minimum atomic E-state index is 0.692. The van der Waals surface area contributed by atoms with Crippen LogP contribution in [-0.4, -0.2) is 6.61 Å². The van der Waals surface area contributed by atoms with Crippen molar-refractivity contribution >= 4 is 16.8 Å². The van der Waals surface area contributed by atoms with E-state index < -0.39 is 0 Å². The van der Waals surface area contributed by atoms with E-state index >= 15 is 0 Å². The molecular weight excluding hydrogens is 184 g/mol. The van der Waals surface area contributed by atoms with Crippen LogP contribution < -0.4 is 4.74 Å². The van der Waals surface area contributed by atoms with Gasteiger partial charge in [0.1, 0.15) is 5.75 Å². The van der Waals surface area contributed by atoms with E-state index in [0.29, 0.717) is 6.61 Å². The van der Waals surface area contributed by atoms with Crippen LogP contribution in [0, 0.1) is 0 Å². The largest absolute Gasteiger partial charge is 0.493 e. The van der Waals surface area contributed by atoms with E-state index in [0.717, 1.165) is 16.7 Å². The molecule has 0 fully saturated rings. The highest BCUT2D eigenvalue weighted by molar-refractivity contribution is 5.94. The van der Waals surface area contributed by atoms with Crippen molar-refractivity contribution in [1.29, 1.82) is 0 Å². The van der Waals surface area contributed by atoms with Crippen LogP contribution in [0.1, 0.15) is 12.5 Å². The van der Waals surface area contributed by atoms with Gasteiger partial charge in [-0.2, -0.15) is 0 Å². The molecule has 2 rings (SSSR count). The highest BCUT2D eigenvalue weighted by Gasteiger charge is 2.03. The Balaban J connectivity index is 2.71. The van der Waals surface area contributed by atoms with Crippen LogP contribution in [0.4, 0.5) is 0 Å². The lowest BCUT2D eigenvalue weighted by Crippen LogP contribution is -1.92. The fraction of sp³-hybridized carbons (Fsp3) is 0.143. The van der Waals surface area contributed by atoms with Gasteiger partial charge in [0, 0.05) is 5.39 Å². The van der Waals surface area contributed by atoms with Crippen molar-refractivity contribution in [3.05, 3.63) is 48.5 Å². The first-order valence-corrected chi connectivity index (χ1v) is 5.13. The summed E-state index contributed by atoms with van der Waals surface area (Å²) in [4.78, 5) is 0. The number of benzene rings is 2. The summed E-state index contributed by atoms with van der Waals surface area (Å²) in [5.74, 6) is 0.943. The maximum Gasteiger partial charge on any atom is 0.127 e. The first-order chi connectivity index (χ1) is 7.36. The van der Waals surface area contributed by atoms with E-state index in [-0.39, 0.29) is 0 Å². The van der Waals surface area contributed by atoms with E-state index in [1.54, 1.807) is 0 Å². The molecule has 0 aliphatic heterocycles. The molecule has 0 aliphatic rings. The fourth-order valence-electron chi connectivity index (χ4n) is 1.75. The second kappa shape index (κ2) is 4.18. The molecule has 0 bridgehead atoms. The van der Waals surface area contributed by atoms with Crippen molar-refractivity contribution in [2.24, 2.45) is 0 Å². The predicted octanol–water partition coefficient (Wildman–Crippen LogP) is 3.88. The summed E-state index contributed by atoms with van der Waals surface area (Å²) >= 11 is 0. The smallest absolute Gasteiger partial charge is 0.127 e. The maximum atomic E-state index is 5.58. The number of ether oxygens (including phenoxy) is 1. The van der Waals surface area contributed by atoms with Crippen molar-refractivity contribution < 1.29 is 4.74 Å². The Morgan fingerprint density at radius 3 is 2.53 bits per heavy atom. The molecule has 0 radical (unpaired) electrons. The molecule has 0 spiro atoms. The molecular formula is C14H14O. The summed E-state index contributed by atoms with van der Waals surface area (Å²) in [5, 5.41) is 2.34. The van der Waals surface area contributed by atoms with Crippen molar-refractivity contribution in [3.8, 4) is 5.75 Å². The second-order valence-electron chi connectivity index (χ2n) is 3.34. The molecule has 0 aliphatic carbocycles. The van der Waals surface area contributed by atoms with Gasteiger partial charge in [0.2, 0.25) is 0 Å². The van der Waals surface area contributed by atoms with Crippen molar-refractivity contribution in [2.75, 3.05) is 6.61 Å². The number of hydrogen-bond acceptors (Lipinski definition) is 1. The van der Waals surface area contributed by atoms with E-state index in [1.807, 2.05) is 37.3 Å². The minimum absolute atomic E-state index is 0.692. The van der Waals surface area contributed by atoms with Gasteiger partial charge in [-0.1, -0.05) is 43.0 Å². The second-order valence-corrected chi connectivity index (χ2v) is 3.34. The quantitative estimate of drug-likeness (QED) is 0.727. The molecule has 0 N–H and O–H groups in total. The molecule has 2 aromatic rings. The molecule has 0 saturated heterocycles. The molecule has 0 unspecified atom stereocenters. The minimum Gasteiger partial charge on any atom is -0.493 e. The molecule has 0 amide bonds. The number of fused-ring (bicyclic) bond motifs is 1. The van der Waals surface area contributed by atoms with E-state index in [9.17, 15) is 0 Å². The lowest BCUT2D eigenvalue weighted by molar-refractivity contribution is 0.344. The Kier molecular flexibility index (Phi) is 2.72. The molecule has 0 heterocycles. The van der Waals surface area contributed by atoms with Gasteiger partial charge >= 0.3 is 0 Å². The molecule has 76 valence electrons. The Morgan fingerprint density at radius 1 is 1.13 bits per heavy atom. The highest BCUT2D eigenvalue weighted by Crippen LogP contribution is 2.28. The van der Waals surface area contributed by atoms with Crippen LogP contribution in [0.15, 0.2) is 43.0 Å². The molecule has 0 atom stereocenters. The van der Waals surface area contributed by atoms with Crippen molar-refractivity contribution in [1.82, 2.24) is 0 Å². The van der Waals surface area contributed by atoms with Gasteiger partial charge in [0.05, 0.1) is 6.61 Å². The Bertz CT molecular complexity index is 486. The van der Waals surface area contributed by atoms with Gasteiger partial charge in [-0.15, -0.1) is 0 Å². The summed E-state index contributed by atoms with van der Waals surface area (Å²) in [6, 6.07) is 12.3. The van der Waals surface area contributed by atoms with E-state index in [2.05, 4.69) is 18.7 Å². The zero-order valence-electron chi connectivity index (χ0n) is 8.86. The highest BCUT2D eigenvalue weighted by atomic mass is 16.5. The molecule has 2 aromatic carbocycles. The number of hydrogen-bond donors (Lipinski definition) is 0. The first-order valence-electron chi connectivity index (χ1n) is 5.13. The van der Waals surface area contributed by atoms with Gasteiger partial charge in [-0.3, -0.25) is 0 Å². The third-order valence-corrected chi connectivity index (χ3v) is 2.44. The van der Waals surface area contributed by atoms with Gasteiger partial charge in [-0.25, -0.2) is 0 Å². The molecule has 0 saturated carbocycles. The Labute approximate surface area is 90.0 Å². The zero-order valence-corrected chi connectivity index (χ0v) is 8.86. The number of rotatable bonds is 3. The standard InChI is InChI=1S/C14H14O/c1-3-11-9-10-14(15-4-2)13-8-6-5-7-12(11)13/h3,5-10H,1,4H2,2H3. The molecule has 1 nitrogen and oxygen atoms in total. The molecule has 15 heavy (non-hydrogen) atoms. The predicted molar refractivity (Wildman–Crippen MR) is 65.2 cm³/mol. The molecule has 1 heteroatoms.